The molecule has 0 bridgehead atoms. The number of halogens is 3. The topological polar surface area (TPSA) is 86.9 Å². The minimum atomic E-state index is -2.72. The predicted molar refractivity (Wildman–Crippen MR) is 126 cm³/mol. The van der Waals surface area contributed by atoms with Gasteiger partial charge in [-0.1, -0.05) is 12.1 Å². The number of fused-ring (bicyclic) bond motifs is 1. The molecule has 0 saturated carbocycles. The van der Waals surface area contributed by atoms with Gasteiger partial charge in [0.05, 0.1) is 11.6 Å². The van der Waals surface area contributed by atoms with E-state index in [0.29, 0.717) is 22.7 Å². The Kier molecular flexibility index (Phi) is 6.13. The fourth-order valence-corrected chi connectivity index (χ4v) is 4.59. The van der Waals surface area contributed by atoms with Crippen molar-refractivity contribution in [3.05, 3.63) is 68.0 Å². The van der Waals surface area contributed by atoms with Gasteiger partial charge >= 0.3 is 5.97 Å². The van der Waals surface area contributed by atoms with Gasteiger partial charge in [0.25, 0.3) is 11.5 Å². The zero-order valence-corrected chi connectivity index (χ0v) is 19.7. The molecule has 0 spiro atoms. The normalized spacial score (nSPS) is 16.6. The number of aromatic nitrogens is 2. The van der Waals surface area contributed by atoms with E-state index < -0.39 is 17.9 Å². The Morgan fingerprint density at radius 1 is 1.27 bits per heavy atom. The van der Waals surface area contributed by atoms with Crippen LogP contribution in [-0.4, -0.2) is 39.5 Å². The molecule has 2 aromatic heterocycles. The van der Waals surface area contributed by atoms with Gasteiger partial charge in [0, 0.05) is 43.4 Å². The summed E-state index contributed by atoms with van der Waals surface area (Å²) in [5.41, 5.74) is 2.12. The molecule has 1 aromatic carbocycles. The van der Waals surface area contributed by atoms with Gasteiger partial charge in [0.15, 0.2) is 5.82 Å². The van der Waals surface area contributed by atoms with Gasteiger partial charge in [-0.2, -0.15) is 0 Å². The average Bonchev–Trinajstić information content (AvgIpc) is 2.76. The smallest absolute Gasteiger partial charge is 0.337 e. The van der Waals surface area contributed by atoms with E-state index in [4.69, 9.17) is 4.98 Å². The van der Waals surface area contributed by atoms with Crippen LogP contribution in [0.15, 0.2) is 45.8 Å². The standard InChI is InChI=1S/C23H23BrF2N4O3/c1-13-11-16(14(2)27-17-6-4-3-5-15(17)22(32)33)19-28-20(18(24)21(31)30(19)12-13)29-9-7-23(25,26)8-10-29/h3-6,11-12,14,27H,7-10H2,1-2H3,(H,32,33)/t14-/m1/s1. The second kappa shape index (κ2) is 8.74. The highest BCUT2D eigenvalue weighted by molar-refractivity contribution is 9.10. The van der Waals surface area contributed by atoms with Crippen LogP contribution in [-0.2, 0) is 0 Å². The average molecular weight is 521 g/mol. The lowest BCUT2D eigenvalue weighted by Crippen LogP contribution is -2.40. The lowest BCUT2D eigenvalue weighted by molar-refractivity contribution is -0.0221. The van der Waals surface area contributed by atoms with E-state index in [0.717, 1.165) is 5.56 Å². The number of anilines is 2. The minimum Gasteiger partial charge on any atom is -0.478 e. The van der Waals surface area contributed by atoms with Crippen LogP contribution in [0.2, 0.25) is 0 Å². The largest absolute Gasteiger partial charge is 0.478 e. The number of nitrogens with one attached hydrogen (secondary N) is 1. The maximum atomic E-state index is 13.7. The molecule has 0 unspecified atom stereocenters. The summed E-state index contributed by atoms with van der Waals surface area (Å²) in [6.07, 6.45) is 1.07. The second-order valence-electron chi connectivity index (χ2n) is 8.28. The molecule has 0 amide bonds. The van der Waals surface area contributed by atoms with Crippen molar-refractivity contribution >= 4 is 39.1 Å². The molecule has 3 heterocycles. The van der Waals surface area contributed by atoms with E-state index in [1.54, 1.807) is 29.3 Å². The number of aromatic carboxylic acids is 1. The van der Waals surface area contributed by atoms with Gasteiger partial charge < -0.3 is 15.3 Å². The summed E-state index contributed by atoms with van der Waals surface area (Å²) in [6.45, 7) is 3.88. The maximum Gasteiger partial charge on any atom is 0.337 e. The molecule has 4 rings (SSSR count). The van der Waals surface area contributed by atoms with Crippen molar-refractivity contribution in [2.45, 2.75) is 38.7 Å². The van der Waals surface area contributed by atoms with Crippen molar-refractivity contribution in [1.29, 1.82) is 0 Å². The molecule has 0 radical (unpaired) electrons. The molecule has 1 atom stereocenters. The van der Waals surface area contributed by atoms with Crippen LogP contribution < -0.4 is 15.8 Å². The van der Waals surface area contributed by atoms with Gasteiger partial charge in [-0.15, -0.1) is 0 Å². The summed E-state index contributed by atoms with van der Waals surface area (Å²) in [7, 11) is 0. The Morgan fingerprint density at radius 2 is 1.94 bits per heavy atom. The molecule has 3 aromatic rings. The van der Waals surface area contributed by atoms with Crippen LogP contribution in [0.25, 0.3) is 5.65 Å². The molecule has 174 valence electrons. The van der Waals surface area contributed by atoms with Crippen molar-refractivity contribution in [3.63, 3.8) is 0 Å². The summed E-state index contributed by atoms with van der Waals surface area (Å²) in [5.74, 6) is -3.44. The van der Waals surface area contributed by atoms with Gasteiger partial charge in [-0.3, -0.25) is 9.20 Å². The summed E-state index contributed by atoms with van der Waals surface area (Å²) >= 11 is 3.32. The number of nitrogens with zero attached hydrogens (tertiary/aromatic N) is 3. The van der Waals surface area contributed by atoms with Gasteiger partial charge in [0.1, 0.15) is 10.1 Å². The van der Waals surface area contributed by atoms with E-state index in [1.807, 2.05) is 19.9 Å². The number of para-hydroxylation sites is 1. The number of benzene rings is 1. The van der Waals surface area contributed by atoms with Crippen molar-refractivity contribution in [2.24, 2.45) is 0 Å². The molecule has 7 nitrogen and oxygen atoms in total. The van der Waals surface area contributed by atoms with Gasteiger partial charge in [-0.05, 0) is 53.5 Å². The second-order valence-corrected chi connectivity index (χ2v) is 9.07. The number of piperidine rings is 1. The van der Waals surface area contributed by atoms with Crippen LogP contribution in [0.5, 0.6) is 0 Å². The highest BCUT2D eigenvalue weighted by atomic mass is 79.9. The summed E-state index contributed by atoms with van der Waals surface area (Å²) in [6, 6.07) is 8.05. The van der Waals surface area contributed by atoms with Crippen LogP contribution in [0, 0.1) is 6.92 Å². The third kappa shape index (κ3) is 4.57. The van der Waals surface area contributed by atoms with E-state index >= 15 is 0 Å². The minimum absolute atomic E-state index is 0.0925. The molecule has 2 N–H and O–H groups in total. The summed E-state index contributed by atoms with van der Waals surface area (Å²) < 4.78 is 29.0. The zero-order chi connectivity index (χ0) is 23.9. The SMILES string of the molecule is Cc1cc([C@@H](C)Nc2ccccc2C(=O)O)c2nc(N3CCC(F)(F)CC3)c(Br)c(=O)n2c1. The molecule has 0 aliphatic carbocycles. The third-order valence-electron chi connectivity index (χ3n) is 5.81. The van der Waals surface area contributed by atoms with Crippen LogP contribution in [0.4, 0.5) is 20.3 Å². The van der Waals surface area contributed by atoms with Gasteiger partial charge in [0.2, 0.25) is 0 Å². The Bertz CT molecular complexity index is 1280. The maximum absolute atomic E-state index is 13.7. The monoisotopic (exact) mass is 520 g/mol. The molecule has 1 fully saturated rings. The van der Waals surface area contributed by atoms with Crippen LogP contribution in [0.1, 0.15) is 47.3 Å². The van der Waals surface area contributed by atoms with E-state index in [9.17, 15) is 23.5 Å². The van der Waals surface area contributed by atoms with Gasteiger partial charge in [-0.25, -0.2) is 18.6 Å². The Labute approximate surface area is 197 Å². The van der Waals surface area contributed by atoms with Crippen molar-refractivity contribution in [1.82, 2.24) is 9.38 Å². The van der Waals surface area contributed by atoms with E-state index in [2.05, 4.69) is 21.2 Å². The first-order valence-electron chi connectivity index (χ1n) is 10.5. The molecular formula is C23H23BrF2N4O3. The molecular weight excluding hydrogens is 498 g/mol. The molecule has 1 saturated heterocycles. The number of pyridine rings is 1. The first kappa shape index (κ1) is 23.2. The number of carboxylic acids is 1. The summed E-state index contributed by atoms with van der Waals surface area (Å²) in [5, 5.41) is 12.7. The highest BCUT2D eigenvalue weighted by Gasteiger charge is 2.35. The quantitative estimate of drug-likeness (QED) is 0.498. The zero-order valence-electron chi connectivity index (χ0n) is 18.1. The number of alkyl halides is 2. The highest BCUT2D eigenvalue weighted by Crippen LogP contribution is 2.33. The number of aryl methyl sites for hydroxylation is 1. The molecule has 33 heavy (non-hydrogen) atoms. The Morgan fingerprint density at radius 3 is 2.61 bits per heavy atom. The first-order valence-corrected chi connectivity index (χ1v) is 11.3. The lowest BCUT2D eigenvalue weighted by atomic mass is 10.1. The number of carbonyl (C=O) groups is 1. The number of carboxylic acid groups (broad SMARTS) is 1. The van der Waals surface area contributed by atoms with Crippen LogP contribution in [0.3, 0.4) is 0 Å². The summed E-state index contributed by atoms with van der Waals surface area (Å²) in [4.78, 5) is 31.2. The lowest BCUT2D eigenvalue weighted by Gasteiger charge is -2.33. The molecule has 1 aliphatic rings. The number of hydrogen-bond donors (Lipinski definition) is 2. The predicted octanol–water partition coefficient (Wildman–Crippen LogP) is 4.87. The van der Waals surface area contributed by atoms with Crippen LogP contribution >= 0.6 is 15.9 Å². The Balaban J connectivity index is 1.80. The Hall–Kier alpha value is -3.01. The van der Waals surface area contributed by atoms with Crippen molar-refractivity contribution in [2.75, 3.05) is 23.3 Å². The van der Waals surface area contributed by atoms with E-state index in [1.165, 1.54) is 10.5 Å². The number of hydrogen-bond acceptors (Lipinski definition) is 5. The fourth-order valence-electron chi connectivity index (χ4n) is 4.06. The fraction of sp³-hybridized carbons (Fsp3) is 0.348. The van der Waals surface area contributed by atoms with Crippen molar-refractivity contribution < 1.29 is 18.7 Å². The first-order chi connectivity index (χ1) is 15.6. The third-order valence-corrected chi connectivity index (χ3v) is 6.50. The van der Waals surface area contributed by atoms with E-state index in [-0.39, 0.29) is 41.5 Å². The number of rotatable bonds is 5. The molecule has 1 aliphatic heterocycles. The molecule has 10 heteroatoms. The van der Waals surface area contributed by atoms with Crippen molar-refractivity contribution in [3.8, 4) is 0 Å².